The minimum atomic E-state index is -0.0170. The maximum absolute atomic E-state index is 11.9. The van der Waals surface area contributed by atoms with E-state index in [1.54, 1.807) is 23.9 Å². The molecule has 16 heavy (non-hydrogen) atoms. The molecule has 0 aliphatic carbocycles. The number of carbonyl (C=O) groups is 1. The Morgan fingerprint density at radius 1 is 1.38 bits per heavy atom. The Kier molecular flexibility index (Phi) is 4.31. The first kappa shape index (κ1) is 12.5. The van der Waals surface area contributed by atoms with Crippen LogP contribution in [0.5, 0.6) is 0 Å². The third-order valence-electron chi connectivity index (χ3n) is 2.62. The summed E-state index contributed by atoms with van der Waals surface area (Å²) in [5.74, 6) is 0. The topological polar surface area (TPSA) is 49.6 Å². The van der Waals surface area contributed by atoms with Crippen LogP contribution in [0.2, 0.25) is 0 Å². The fraction of sp³-hybridized carbons (Fsp3) is 0.417. The number of benzene rings is 1. The highest BCUT2D eigenvalue weighted by molar-refractivity contribution is 5.91. The number of carbonyl (C=O) groups excluding carboxylic acids is 1. The standard InChI is InChI=1S/C12H19N3O/c1-4-14(2)12(16)15(3)11-7-5-6-10(8-11)9-13/h5-8H,4,9,13H2,1-3H3. The third-order valence-corrected chi connectivity index (χ3v) is 2.62. The molecule has 1 aromatic rings. The van der Waals surface area contributed by atoms with Gasteiger partial charge in [0.2, 0.25) is 0 Å². The molecule has 1 rings (SSSR count). The molecule has 2 N–H and O–H groups in total. The summed E-state index contributed by atoms with van der Waals surface area (Å²) in [6, 6.07) is 7.68. The largest absolute Gasteiger partial charge is 0.328 e. The van der Waals surface area contributed by atoms with Crippen LogP contribution >= 0.6 is 0 Å². The molecule has 0 saturated heterocycles. The molecule has 0 unspecified atom stereocenters. The van der Waals surface area contributed by atoms with Gasteiger partial charge in [-0.3, -0.25) is 4.90 Å². The number of rotatable bonds is 3. The highest BCUT2D eigenvalue weighted by Crippen LogP contribution is 2.15. The number of hydrogen-bond acceptors (Lipinski definition) is 2. The van der Waals surface area contributed by atoms with Crippen LogP contribution in [0.15, 0.2) is 24.3 Å². The number of anilines is 1. The van der Waals surface area contributed by atoms with Crippen molar-refractivity contribution in [3.63, 3.8) is 0 Å². The van der Waals surface area contributed by atoms with Crippen LogP contribution < -0.4 is 10.6 Å². The molecule has 0 heterocycles. The maximum Gasteiger partial charge on any atom is 0.323 e. The summed E-state index contributed by atoms with van der Waals surface area (Å²) < 4.78 is 0. The lowest BCUT2D eigenvalue weighted by Crippen LogP contribution is -2.38. The average Bonchev–Trinajstić information content (AvgIpc) is 2.36. The van der Waals surface area contributed by atoms with Crippen LogP contribution in [0.3, 0.4) is 0 Å². The molecule has 0 atom stereocenters. The summed E-state index contributed by atoms with van der Waals surface area (Å²) in [5, 5.41) is 0. The molecule has 0 fully saturated rings. The van der Waals surface area contributed by atoms with Crippen molar-refractivity contribution in [2.45, 2.75) is 13.5 Å². The molecule has 0 radical (unpaired) electrons. The van der Waals surface area contributed by atoms with Crippen molar-refractivity contribution in [2.24, 2.45) is 5.73 Å². The number of hydrogen-bond donors (Lipinski definition) is 1. The lowest BCUT2D eigenvalue weighted by molar-refractivity contribution is 0.219. The quantitative estimate of drug-likeness (QED) is 0.843. The molecule has 0 aliphatic rings. The number of nitrogens with zero attached hydrogens (tertiary/aromatic N) is 2. The molecule has 2 amide bonds. The Morgan fingerprint density at radius 2 is 2.06 bits per heavy atom. The van der Waals surface area contributed by atoms with E-state index in [-0.39, 0.29) is 6.03 Å². The SMILES string of the molecule is CCN(C)C(=O)N(C)c1cccc(CN)c1. The Bertz CT molecular complexity index is 365. The second-order valence-electron chi connectivity index (χ2n) is 3.73. The van der Waals surface area contributed by atoms with Gasteiger partial charge in [-0.05, 0) is 24.6 Å². The van der Waals surface area contributed by atoms with Crippen molar-refractivity contribution in [3.05, 3.63) is 29.8 Å². The molecule has 1 aromatic carbocycles. The highest BCUT2D eigenvalue weighted by atomic mass is 16.2. The molecular formula is C12H19N3O. The first-order valence-electron chi connectivity index (χ1n) is 5.38. The van der Waals surface area contributed by atoms with E-state index < -0.39 is 0 Å². The van der Waals surface area contributed by atoms with Gasteiger partial charge in [-0.25, -0.2) is 4.79 Å². The van der Waals surface area contributed by atoms with E-state index in [0.717, 1.165) is 11.3 Å². The van der Waals surface area contributed by atoms with E-state index in [9.17, 15) is 4.79 Å². The van der Waals surface area contributed by atoms with Crippen LogP contribution in [0.1, 0.15) is 12.5 Å². The molecule has 4 heteroatoms. The van der Waals surface area contributed by atoms with Crippen LogP contribution in [0, 0.1) is 0 Å². The molecule has 4 nitrogen and oxygen atoms in total. The Morgan fingerprint density at radius 3 is 2.62 bits per heavy atom. The summed E-state index contributed by atoms with van der Waals surface area (Å²) in [6.45, 7) is 3.13. The van der Waals surface area contributed by atoms with Gasteiger partial charge >= 0.3 is 6.03 Å². The zero-order valence-corrected chi connectivity index (χ0v) is 10.1. The van der Waals surface area contributed by atoms with E-state index in [1.165, 1.54) is 0 Å². The summed E-state index contributed by atoms with van der Waals surface area (Å²) in [5.41, 5.74) is 7.46. The second-order valence-corrected chi connectivity index (χ2v) is 3.73. The number of urea groups is 1. The molecule has 0 aliphatic heterocycles. The van der Waals surface area contributed by atoms with Crippen molar-refractivity contribution in [1.82, 2.24) is 4.90 Å². The number of amides is 2. The normalized spacial score (nSPS) is 10.0. The minimum Gasteiger partial charge on any atom is -0.328 e. The summed E-state index contributed by atoms with van der Waals surface area (Å²) in [4.78, 5) is 15.2. The average molecular weight is 221 g/mol. The summed E-state index contributed by atoms with van der Waals surface area (Å²) in [7, 11) is 3.55. The predicted molar refractivity (Wildman–Crippen MR) is 66.4 cm³/mol. The van der Waals surface area contributed by atoms with Crippen molar-refractivity contribution >= 4 is 11.7 Å². The highest BCUT2D eigenvalue weighted by Gasteiger charge is 2.14. The van der Waals surface area contributed by atoms with Crippen molar-refractivity contribution < 1.29 is 4.79 Å². The van der Waals surface area contributed by atoms with Crippen LogP contribution in [0.4, 0.5) is 10.5 Å². The van der Waals surface area contributed by atoms with Gasteiger partial charge in [0.05, 0.1) is 0 Å². The first-order chi connectivity index (χ1) is 7.60. The zero-order valence-electron chi connectivity index (χ0n) is 10.1. The molecule has 0 spiro atoms. The first-order valence-corrected chi connectivity index (χ1v) is 5.38. The van der Waals surface area contributed by atoms with Gasteiger partial charge in [0.25, 0.3) is 0 Å². The Hall–Kier alpha value is -1.55. The van der Waals surface area contributed by atoms with Crippen molar-refractivity contribution in [2.75, 3.05) is 25.5 Å². The van der Waals surface area contributed by atoms with Gasteiger partial charge in [0.1, 0.15) is 0 Å². The van der Waals surface area contributed by atoms with Gasteiger partial charge in [-0.1, -0.05) is 12.1 Å². The smallest absolute Gasteiger partial charge is 0.323 e. The molecule has 0 bridgehead atoms. The van der Waals surface area contributed by atoms with E-state index in [2.05, 4.69) is 0 Å². The van der Waals surface area contributed by atoms with Crippen molar-refractivity contribution in [3.8, 4) is 0 Å². The van der Waals surface area contributed by atoms with Gasteiger partial charge in [-0.2, -0.15) is 0 Å². The minimum absolute atomic E-state index is 0.0170. The zero-order chi connectivity index (χ0) is 12.1. The second kappa shape index (κ2) is 5.51. The maximum atomic E-state index is 11.9. The van der Waals surface area contributed by atoms with E-state index in [1.807, 2.05) is 31.2 Å². The molecule has 0 saturated carbocycles. The predicted octanol–water partition coefficient (Wildman–Crippen LogP) is 1.65. The molecule has 88 valence electrons. The molecular weight excluding hydrogens is 202 g/mol. The summed E-state index contributed by atoms with van der Waals surface area (Å²) >= 11 is 0. The fourth-order valence-electron chi connectivity index (χ4n) is 1.39. The molecule has 0 aromatic heterocycles. The van der Waals surface area contributed by atoms with Gasteiger partial charge < -0.3 is 10.6 Å². The van der Waals surface area contributed by atoms with Gasteiger partial charge in [0.15, 0.2) is 0 Å². The lowest BCUT2D eigenvalue weighted by Gasteiger charge is -2.24. The Balaban J connectivity index is 2.87. The third kappa shape index (κ3) is 2.73. The van der Waals surface area contributed by atoms with Crippen LogP contribution in [0.25, 0.3) is 0 Å². The Labute approximate surface area is 96.6 Å². The van der Waals surface area contributed by atoms with Gasteiger partial charge in [-0.15, -0.1) is 0 Å². The monoisotopic (exact) mass is 221 g/mol. The number of nitrogens with two attached hydrogens (primary N) is 1. The fourth-order valence-corrected chi connectivity index (χ4v) is 1.39. The van der Waals surface area contributed by atoms with Crippen LogP contribution in [-0.2, 0) is 6.54 Å². The van der Waals surface area contributed by atoms with E-state index in [4.69, 9.17) is 5.73 Å². The lowest BCUT2D eigenvalue weighted by atomic mass is 10.2. The van der Waals surface area contributed by atoms with E-state index in [0.29, 0.717) is 13.1 Å². The van der Waals surface area contributed by atoms with Crippen molar-refractivity contribution in [1.29, 1.82) is 0 Å². The van der Waals surface area contributed by atoms with Crippen LogP contribution in [-0.4, -0.2) is 31.6 Å². The van der Waals surface area contributed by atoms with E-state index >= 15 is 0 Å². The van der Waals surface area contributed by atoms with Gasteiger partial charge in [0, 0.05) is 32.9 Å². The summed E-state index contributed by atoms with van der Waals surface area (Å²) in [6.07, 6.45) is 0.